The molecule has 0 radical (unpaired) electrons. The highest BCUT2D eigenvalue weighted by molar-refractivity contribution is 5.89. The maximum Gasteiger partial charge on any atom is 0.317 e. The van der Waals surface area contributed by atoms with Crippen molar-refractivity contribution in [2.45, 2.75) is 58.0 Å². The van der Waals surface area contributed by atoms with Crippen LogP contribution in [0, 0.1) is 5.92 Å². The molecule has 2 atom stereocenters. The maximum absolute atomic E-state index is 12.8. The van der Waals surface area contributed by atoms with Crippen molar-refractivity contribution in [3.8, 4) is 0 Å². The third-order valence-corrected chi connectivity index (χ3v) is 5.34. The van der Waals surface area contributed by atoms with Crippen LogP contribution in [0.5, 0.6) is 0 Å². The van der Waals surface area contributed by atoms with Crippen molar-refractivity contribution < 1.29 is 19.5 Å². The van der Waals surface area contributed by atoms with Gasteiger partial charge >= 0.3 is 5.97 Å². The van der Waals surface area contributed by atoms with Crippen LogP contribution in [-0.4, -0.2) is 70.4 Å². The van der Waals surface area contributed by atoms with Gasteiger partial charge in [-0.1, -0.05) is 13.8 Å². The third-order valence-electron chi connectivity index (χ3n) is 5.34. The van der Waals surface area contributed by atoms with Crippen LogP contribution in [0.25, 0.3) is 0 Å². The summed E-state index contributed by atoms with van der Waals surface area (Å²) in [6.07, 6.45) is 2.84. The van der Waals surface area contributed by atoms with Gasteiger partial charge in [0, 0.05) is 37.6 Å². The normalized spacial score (nSPS) is 27.3. The van der Waals surface area contributed by atoms with Gasteiger partial charge in [-0.2, -0.15) is 0 Å². The van der Waals surface area contributed by atoms with Crippen LogP contribution in [0.15, 0.2) is 0 Å². The number of carbonyl (C=O) groups is 3. The second-order valence-corrected chi connectivity index (χ2v) is 7.24. The Morgan fingerprint density at radius 3 is 2.62 bits per heavy atom. The van der Waals surface area contributed by atoms with Crippen molar-refractivity contribution in [1.29, 1.82) is 0 Å². The summed E-state index contributed by atoms with van der Waals surface area (Å²) in [5.74, 6) is -1.06. The SMILES string of the molecule is CCC(CC)N1CC(C(=O)N2CCC(C)(NCC(=O)O)C2)CC1=O. The molecule has 136 valence electrons. The molecule has 0 bridgehead atoms. The summed E-state index contributed by atoms with van der Waals surface area (Å²) in [4.78, 5) is 39.4. The van der Waals surface area contributed by atoms with E-state index in [1.807, 2.05) is 11.8 Å². The second-order valence-electron chi connectivity index (χ2n) is 7.24. The zero-order valence-electron chi connectivity index (χ0n) is 14.9. The summed E-state index contributed by atoms with van der Waals surface area (Å²) in [5, 5.41) is 11.8. The van der Waals surface area contributed by atoms with Crippen LogP contribution in [-0.2, 0) is 14.4 Å². The number of carboxylic acid groups (broad SMARTS) is 1. The molecule has 0 aromatic carbocycles. The van der Waals surface area contributed by atoms with Gasteiger partial charge in [-0.3, -0.25) is 19.7 Å². The van der Waals surface area contributed by atoms with Gasteiger partial charge in [-0.25, -0.2) is 0 Å². The monoisotopic (exact) mass is 339 g/mol. The molecule has 2 saturated heterocycles. The van der Waals surface area contributed by atoms with E-state index in [1.54, 1.807) is 4.90 Å². The lowest BCUT2D eigenvalue weighted by Crippen LogP contribution is -2.48. The Bertz CT molecular complexity index is 506. The van der Waals surface area contributed by atoms with Crippen molar-refractivity contribution in [1.82, 2.24) is 15.1 Å². The van der Waals surface area contributed by atoms with Crippen molar-refractivity contribution in [3.63, 3.8) is 0 Å². The molecule has 2 amide bonds. The van der Waals surface area contributed by atoms with Gasteiger partial charge in [0.15, 0.2) is 0 Å². The quantitative estimate of drug-likeness (QED) is 0.712. The highest BCUT2D eigenvalue weighted by Crippen LogP contribution is 2.28. The maximum atomic E-state index is 12.8. The Balaban J connectivity index is 1.93. The van der Waals surface area contributed by atoms with Gasteiger partial charge in [0.05, 0.1) is 12.5 Å². The van der Waals surface area contributed by atoms with Crippen molar-refractivity contribution in [2.75, 3.05) is 26.2 Å². The molecule has 2 heterocycles. The van der Waals surface area contributed by atoms with Gasteiger partial charge in [-0.15, -0.1) is 0 Å². The number of nitrogens with zero attached hydrogens (tertiary/aromatic N) is 2. The lowest BCUT2D eigenvalue weighted by atomic mass is 10.0. The number of hydrogen-bond acceptors (Lipinski definition) is 4. The topological polar surface area (TPSA) is 90.0 Å². The van der Waals surface area contributed by atoms with Crippen molar-refractivity contribution >= 4 is 17.8 Å². The molecule has 0 saturated carbocycles. The molecule has 0 aliphatic carbocycles. The van der Waals surface area contributed by atoms with Crippen LogP contribution in [0.2, 0.25) is 0 Å². The summed E-state index contributed by atoms with van der Waals surface area (Å²) in [7, 11) is 0. The first kappa shape index (κ1) is 18.7. The summed E-state index contributed by atoms with van der Waals surface area (Å²) in [6, 6.07) is 0.219. The number of carbonyl (C=O) groups excluding carboxylic acids is 2. The van der Waals surface area contributed by atoms with E-state index in [0.717, 1.165) is 19.3 Å². The molecule has 2 rings (SSSR count). The first-order valence-electron chi connectivity index (χ1n) is 8.84. The smallest absolute Gasteiger partial charge is 0.317 e. The Kier molecular flexibility index (Phi) is 5.85. The summed E-state index contributed by atoms with van der Waals surface area (Å²) in [6.45, 7) is 7.59. The Labute approximate surface area is 143 Å². The zero-order chi connectivity index (χ0) is 17.9. The summed E-state index contributed by atoms with van der Waals surface area (Å²) in [5.41, 5.74) is -0.369. The minimum atomic E-state index is -0.900. The third kappa shape index (κ3) is 4.06. The highest BCUT2D eigenvalue weighted by atomic mass is 16.4. The minimum absolute atomic E-state index is 0.0256. The molecule has 2 aliphatic rings. The molecule has 2 fully saturated rings. The number of amides is 2. The van der Waals surface area contributed by atoms with Crippen LogP contribution in [0.4, 0.5) is 0 Å². The van der Waals surface area contributed by atoms with Gasteiger partial charge in [0.25, 0.3) is 0 Å². The number of likely N-dealkylation sites (tertiary alicyclic amines) is 2. The molecular formula is C17H29N3O4. The number of aliphatic carboxylic acids is 1. The van der Waals surface area contributed by atoms with E-state index in [-0.39, 0.29) is 35.9 Å². The molecule has 0 spiro atoms. The first-order chi connectivity index (χ1) is 11.3. The van der Waals surface area contributed by atoms with Crippen LogP contribution < -0.4 is 5.32 Å². The average Bonchev–Trinajstić information content (AvgIpc) is 3.11. The van der Waals surface area contributed by atoms with Gasteiger partial charge in [-0.05, 0) is 26.2 Å². The Morgan fingerprint density at radius 2 is 2.04 bits per heavy atom. The van der Waals surface area contributed by atoms with Crippen molar-refractivity contribution in [2.24, 2.45) is 5.92 Å². The Morgan fingerprint density at radius 1 is 1.38 bits per heavy atom. The first-order valence-corrected chi connectivity index (χ1v) is 8.84. The fraction of sp³-hybridized carbons (Fsp3) is 0.824. The molecular weight excluding hydrogens is 310 g/mol. The largest absolute Gasteiger partial charge is 0.480 e. The second kappa shape index (κ2) is 7.51. The predicted molar refractivity (Wildman–Crippen MR) is 89.4 cm³/mol. The molecule has 2 unspecified atom stereocenters. The molecule has 0 aromatic heterocycles. The Hall–Kier alpha value is -1.63. The highest BCUT2D eigenvalue weighted by Gasteiger charge is 2.42. The summed E-state index contributed by atoms with van der Waals surface area (Å²) < 4.78 is 0. The van der Waals surface area contributed by atoms with E-state index in [4.69, 9.17) is 5.11 Å². The molecule has 2 aliphatic heterocycles. The number of hydrogen-bond donors (Lipinski definition) is 2. The van der Waals surface area contributed by atoms with Crippen LogP contribution >= 0.6 is 0 Å². The molecule has 0 aromatic rings. The van der Waals surface area contributed by atoms with E-state index in [0.29, 0.717) is 26.1 Å². The van der Waals surface area contributed by atoms with E-state index in [2.05, 4.69) is 19.2 Å². The predicted octanol–water partition coefficient (Wildman–Crippen LogP) is 0.689. The van der Waals surface area contributed by atoms with E-state index >= 15 is 0 Å². The average molecular weight is 339 g/mol. The fourth-order valence-electron chi connectivity index (χ4n) is 3.82. The minimum Gasteiger partial charge on any atom is -0.480 e. The van der Waals surface area contributed by atoms with Gasteiger partial charge in [0.2, 0.25) is 11.8 Å². The molecule has 2 N–H and O–H groups in total. The number of carboxylic acids is 1. The lowest BCUT2D eigenvalue weighted by Gasteiger charge is -2.28. The fourth-order valence-corrected chi connectivity index (χ4v) is 3.82. The molecule has 7 nitrogen and oxygen atoms in total. The summed E-state index contributed by atoms with van der Waals surface area (Å²) >= 11 is 0. The standard InChI is InChI=1S/C17H29N3O4/c1-4-13(5-2)20-10-12(8-14(20)21)16(24)19-7-6-17(3,11-19)18-9-15(22)23/h12-13,18H,4-11H2,1-3H3,(H,22,23). The molecule has 24 heavy (non-hydrogen) atoms. The zero-order valence-corrected chi connectivity index (χ0v) is 14.9. The molecule has 7 heteroatoms. The van der Waals surface area contributed by atoms with Crippen molar-refractivity contribution in [3.05, 3.63) is 0 Å². The van der Waals surface area contributed by atoms with E-state index in [9.17, 15) is 14.4 Å². The number of nitrogens with one attached hydrogen (secondary N) is 1. The lowest BCUT2D eigenvalue weighted by molar-refractivity contribution is -0.136. The van der Waals surface area contributed by atoms with Crippen LogP contribution in [0.3, 0.4) is 0 Å². The van der Waals surface area contributed by atoms with Gasteiger partial charge in [0.1, 0.15) is 0 Å². The van der Waals surface area contributed by atoms with Crippen LogP contribution in [0.1, 0.15) is 46.5 Å². The van der Waals surface area contributed by atoms with E-state index in [1.165, 1.54) is 0 Å². The van der Waals surface area contributed by atoms with Gasteiger partial charge < -0.3 is 14.9 Å². The van der Waals surface area contributed by atoms with E-state index < -0.39 is 5.97 Å². The number of rotatable bonds is 7.